The molecule has 0 aliphatic rings. The molecular weight excluding hydrogens is 244 g/mol. The molecule has 0 fully saturated rings. The average molecular weight is 264 g/mol. The number of nitrogens with one attached hydrogen (secondary N) is 1. The molecule has 1 unspecified atom stereocenters. The van der Waals surface area contributed by atoms with Gasteiger partial charge in [-0.2, -0.15) is 0 Å². The second kappa shape index (κ2) is 6.11. The van der Waals surface area contributed by atoms with Crippen LogP contribution in [-0.2, 0) is 13.5 Å². The van der Waals surface area contributed by atoms with E-state index in [-0.39, 0.29) is 0 Å². The van der Waals surface area contributed by atoms with Crippen LogP contribution in [0.15, 0.2) is 17.6 Å². The molecule has 18 heavy (non-hydrogen) atoms. The Balaban J connectivity index is 2.12. The molecule has 2 heterocycles. The third-order valence-electron chi connectivity index (χ3n) is 2.92. The average Bonchev–Trinajstić information content (AvgIpc) is 2.93. The lowest BCUT2D eigenvalue weighted by atomic mass is 10.1. The van der Waals surface area contributed by atoms with Crippen molar-refractivity contribution >= 4 is 11.3 Å². The first kappa shape index (κ1) is 13.2. The van der Waals surface area contributed by atoms with Crippen LogP contribution in [0.3, 0.4) is 0 Å². The molecule has 5 heteroatoms. The molecule has 0 aromatic carbocycles. The van der Waals surface area contributed by atoms with Crippen LogP contribution in [0.2, 0.25) is 0 Å². The lowest BCUT2D eigenvalue weighted by Gasteiger charge is -2.17. The van der Waals surface area contributed by atoms with Gasteiger partial charge in [-0.15, -0.1) is 16.4 Å². The van der Waals surface area contributed by atoms with Crippen molar-refractivity contribution in [1.82, 2.24) is 20.3 Å². The van der Waals surface area contributed by atoms with Gasteiger partial charge in [0.05, 0.1) is 5.69 Å². The summed E-state index contributed by atoms with van der Waals surface area (Å²) >= 11 is 1.82. The first-order valence-electron chi connectivity index (χ1n) is 6.33. The standard InChI is InChI=1S/C13H20N4S/c1-4-6-14-12(13-10(2)5-7-18-13)8-11-9-17(3)16-15-11/h5,7,9,12,14H,4,6,8H2,1-3H3. The van der Waals surface area contributed by atoms with Crippen LogP contribution in [0.1, 0.15) is 35.5 Å². The smallest absolute Gasteiger partial charge is 0.0846 e. The Morgan fingerprint density at radius 1 is 1.50 bits per heavy atom. The van der Waals surface area contributed by atoms with Crippen molar-refractivity contribution in [2.24, 2.45) is 7.05 Å². The van der Waals surface area contributed by atoms with E-state index in [9.17, 15) is 0 Å². The Bertz CT molecular complexity index is 489. The summed E-state index contributed by atoms with van der Waals surface area (Å²) in [6.07, 6.45) is 4.03. The number of hydrogen-bond donors (Lipinski definition) is 1. The molecule has 0 spiro atoms. The normalized spacial score (nSPS) is 12.8. The molecule has 0 aliphatic carbocycles. The molecule has 2 aromatic heterocycles. The van der Waals surface area contributed by atoms with Crippen LogP contribution in [0.5, 0.6) is 0 Å². The predicted octanol–water partition coefficient (Wildman–Crippen LogP) is 2.47. The molecule has 98 valence electrons. The molecule has 1 N–H and O–H groups in total. The third-order valence-corrected chi connectivity index (χ3v) is 4.05. The van der Waals surface area contributed by atoms with Crippen molar-refractivity contribution < 1.29 is 0 Å². The highest BCUT2D eigenvalue weighted by Gasteiger charge is 2.16. The van der Waals surface area contributed by atoms with E-state index in [1.165, 1.54) is 10.4 Å². The van der Waals surface area contributed by atoms with Crippen molar-refractivity contribution in [3.05, 3.63) is 33.8 Å². The van der Waals surface area contributed by atoms with E-state index in [1.54, 1.807) is 4.68 Å². The molecule has 0 saturated heterocycles. The van der Waals surface area contributed by atoms with Gasteiger partial charge in [0.25, 0.3) is 0 Å². The Hall–Kier alpha value is -1.20. The molecule has 0 saturated carbocycles. The quantitative estimate of drug-likeness (QED) is 0.871. The Kier molecular flexibility index (Phi) is 4.49. The summed E-state index contributed by atoms with van der Waals surface area (Å²) in [6.45, 7) is 5.39. The van der Waals surface area contributed by atoms with Crippen molar-refractivity contribution in [1.29, 1.82) is 0 Å². The number of hydrogen-bond acceptors (Lipinski definition) is 4. The van der Waals surface area contributed by atoms with Crippen LogP contribution >= 0.6 is 11.3 Å². The van der Waals surface area contributed by atoms with Gasteiger partial charge < -0.3 is 5.32 Å². The second-order valence-corrected chi connectivity index (χ2v) is 5.51. The van der Waals surface area contributed by atoms with E-state index in [0.29, 0.717) is 6.04 Å². The minimum Gasteiger partial charge on any atom is -0.309 e. The van der Waals surface area contributed by atoms with Crippen LogP contribution in [0.25, 0.3) is 0 Å². The van der Waals surface area contributed by atoms with Gasteiger partial charge in [-0.05, 0) is 36.9 Å². The van der Waals surface area contributed by atoms with E-state index in [0.717, 1.165) is 25.1 Å². The summed E-state index contributed by atoms with van der Waals surface area (Å²) in [5, 5.41) is 13.9. The minimum atomic E-state index is 0.349. The van der Waals surface area contributed by atoms with Crippen LogP contribution in [-0.4, -0.2) is 21.5 Å². The van der Waals surface area contributed by atoms with E-state index in [4.69, 9.17) is 0 Å². The Morgan fingerprint density at radius 2 is 2.33 bits per heavy atom. The van der Waals surface area contributed by atoms with Gasteiger partial charge >= 0.3 is 0 Å². The van der Waals surface area contributed by atoms with Gasteiger partial charge in [-0.25, -0.2) is 0 Å². The topological polar surface area (TPSA) is 42.7 Å². The highest BCUT2D eigenvalue weighted by Crippen LogP contribution is 2.26. The fourth-order valence-corrected chi connectivity index (χ4v) is 3.02. The predicted molar refractivity (Wildman–Crippen MR) is 74.8 cm³/mol. The number of nitrogens with zero attached hydrogens (tertiary/aromatic N) is 3. The lowest BCUT2D eigenvalue weighted by Crippen LogP contribution is -2.24. The van der Waals surface area contributed by atoms with E-state index >= 15 is 0 Å². The van der Waals surface area contributed by atoms with Gasteiger partial charge in [-0.1, -0.05) is 12.1 Å². The van der Waals surface area contributed by atoms with Crippen LogP contribution in [0.4, 0.5) is 0 Å². The van der Waals surface area contributed by atoms with Crippen LogP contribution < -0.4 is 5.32 Å². The third kappa shape index (κ3) is 3.17. The molecule has 0 amide bonds. The van der Waals surface area contributed by atoms with Gasteiger partial charge in [0.1, 0.15) is 0 Å². The second-order valence-electron chi connectivity index (χ2n) is 4.56. The fraction of sp³-hybridized carbons (Fsp3) is 0.538. The maximum absolute atomic E-state index is 4.18. The van der Waals surface area contributed by atoms with Crippen molar-refractivity contribution in [2.45, 2.75) is 32.7 Å². The van der Waals surface area contributed by atoms with Gasteiger partial charge in [0.15, 0.2) is 0 Å². The Labute approximate surface area is 112 Å². The van der Waals surface area contributed by atoms with Gasteiger partial charge in [0, 0.05) is 30.6 Å². The highest BCUT2D eigenvalue weighted by atomic mass is 32.1. The zero-order chi connectivity index (χ0) is 13.0. The maximum atomic E-state index is 4.18. The van der Waals surface area contributed by atoms with Gasteiger partial charge in [0.2, 0.25) is 0 Å². The summed E-state index contributed by atoms with van der Waals surface area (Å²) in [7, 11) is 1.90. The molecule has 4 nitrogen and oxygen atoms in total. The van der Waals surface area contributed by atoms with Crippen LogP contribution in [0, 0.1) is 6.92 Å². The summed E-state index contributed by atoms with van der Waals surface area (Å²) in [5.74, 6) is 0. The number of rotatable bonds is 6. The molecular formula is C13H20N4S. The zero-order valence-corrected chi connectivity index (χ0v) is 12.0. The molecule has 0 aliphatic heterocycles. The largest absolute Gasteiger partial charge is 0.309 e. The maximum Gasteiger partial charge on any atom is 0.0846 e. The van der Waals surface area contributed by atoms with E-state index < -0.39 is 0 Å². The van der Waals surface area contributed by atoms with E-state index in [2.05, 4.69) is 40.9 Å². The summed E-state index contributed by atoms with van der Waals surface area (Å²) in [6, 6.07) is 2.53. The zero-order valence-electron chi connectivity index (χ0n) is 11.2. The van der Waals surface area contributed by atoms with E-state index in [1.807, 2.05) is 24.6 Å². The summed E-state index contributed by atoms with van der Waals surface area (Å²) in [4.78, 5) is 1.41. The first-order chi connectivity index (χ1) is 8.70. The number of thiophene rings is 1. The number of aromatic nitrogens is 3. The Morgan fingerprint density at radius 3 is 2.89 bits per heavy atom. The monoisotopic (exact) mass is 264 g/mol. The lowest BCUT2D eigenvalue weighted by molar-refractivity contribution is 0.529. The summed E-state index contributed by atoms with van der Waals surface area (Å²) < 4.78 is 1.76. The van der Waals surface area contributed by atoms with Crippen molar-refractivity contribution in [3.63, 3.8) is 0 Å². The highest BCUT2D eigenvalue weighted by molar-refractivity contribution is 7.10. The molecule has 2 aromatic rings. The molecule has 2 rings (SSSR count). The summed E-state index contributed by atoms with van der Waals surface area (Å²) in [5.41, 5.74) is 2.40. The number of aryl methyl sites for hydroxylation is 2. The fourth-order valence-electron chi connectivity index (χ4n) is 2.02. The van der Waals surface area contributed by atoms with Crippen molar-refractivity contribution in [2.75, 3.05) is 6.54 Å². The molecule has 1 atom stereocenters. The first-order valence-corrected chi connectivity index (χ1v) is 7.21. The molecule has 0 radical (unpaired) electrons. The molecule has 0 bridgehead atoms. The SMILES string of the molecule is CCCNC(Cc1cn(C)nn1)c1sccc1C. The van der Waals surface area contributed by atoms with Crippen molar-refractivity contribution in [3.8, 4) is 0 Å². The minimum absolute atomic E-state index is 0.349. The van der Waals surface area contributed by atoms with Gasteiger partial charge in [-0.3, -0.25) is 4.68 Å².